The van der Waals surface area contributed by atoms with Crippen molar-refractivity contribution in [2.45, 2.75) is 25.4 Å². The molecule has 1 aliphatic heterocycles. The monoisotopic (exact) mass is 352 g/mol. The number of fused-ring (bicyclic) bond motifs is 1. The lowest BCUT2D eigenvalue weighted by molar-refractivity contribution is 0.0119. The molecule has 0 atom stereocenters. The van der Waals surface area contributed by atoms with Gasteiger partial charge in [-0.1, -0.05) is 41.4 Å². The van der Waals surface area contributed by atoms with Crippen molar-refractivity contribution in [2.24, 2.45) is 0 Å². The van der Waals surface area contributed by atoms with Crippen LogP contribution in [-0.2, 0) is 5.60 Å². The molecule has 1 aliphatic rings. The van der Waals surface area contributed by atoms with Crippen LogP contribution in [0.3, 0.4) is 0 Å². The Kier molecular flexibility index (Phi) is 4.14. The molecule has 0 bridgehead atoms. The van der Waals surface area contributed by atoms with E-state index in [1.165, 1.54) is 16.6 Å². The second-order valence-corrected chi connectivity index (χ2v) is 7.26. The summed E-state index contributed by atoms with van der Waals surface area (Å²) in [5.74, 6) is 0. The summed E-state index contributed by atoms with van der Waals surface area (Å²) in [5, 5.41) is 12.9. The Morgan fingerprint density at radius 3 is 2.60 bits per heavy atom. The summed E-state index contributed by atoms with van der Waals surface area (Å²) in [6.07, 6.45) is 3.18. The van der Waals surface area contributed by atoms with Gasteiger partial charge in [-0.25, -0.2) is 0 Å². The standard InChI is InChI=1S/C21H21ClN2O/c1-15-6-7-19-16(14-15)20(8-11-23-19)24-12-9-21(25,10-13-24)17-4-2-3-5-18(17)22/h2-8,11,14,25H,9-10,12-13H2,1H3. The number of pyridine rings is 1. The van der Waals surface area contributed by atoms with Crippen LogP contribution in [0.4, 0.5) is 5.69 Å². The first-order valence-electron chi connectivity index (χ1n) is 8.64. The van der Waals surface area contributed by atoms with E-state index in [2.05, 4.69) is 41.1 Å². The van der Waals surface area contributed by atoms with E-state index in [9.17, 15) is 5.11 Å². The number of piperidine rings is 1. The molecule has 1 fully saturated rings. The number of anilines is 1. The summed E-state index contributed by atoms with van der Waals surface area (Å²) >= 11 is 6.31. The second kappa shape index (κ2) is 6.32. The molecule has 1 saturated heterocycles. The van der Waals surface area contributed by atoms with Crippen molar-refractivity contribution in [1.82, 2.24) is 4.98 Å². The van der Waals surface area contributed by atoms with Gasteiger partial charge in [0.15, 0.2) is 0 Å². The fourth-order valence-corrected chi connectivity index (χ4v) is 4.06. The van der Waals surface area contributed by atoms with Crippen LogP contribution in [0.2, 0.25) is 5.02 Å². The quantitative estimate of drug-likeness (QED) is 0.727. The molecule has 1 aromatic heterocycles. The minimum absolute atomic E-state index is 0.642. The lowest BCUT2D eigenvalue weighted by Gasteiger charge is -2.40. The molecule has 0 amide bonds. The van der Waals surface area contributed by atoms with Gasteiger partial charge in [-0.2, -0.15) is 0 Å². The molecule has 3 aromatic rings. The van der Waals surface area contributed by atoms with Crippen LogP contribution >= 0.6 is 11.6 Å². The summed E-state index contributed by atoms with van der Waals surface area (Å²) in [7, 11) is 0. The van der Waals surface area contributed by atoms with E-state index < -0.39 is 5.60 Å². The van der Waals surface area contributed by atoms with Crippen molar-refractivity contribution in [3.8, 4) is 0 Å². The van der Waals surface area contributed by atoms with E-state index >= 15 is 0 Å². The first-order valence-corrected chi connectivity index (χ1v) is 9.02. The molecule has 2 heterocycles. The fraction of sp³-hybridized carbons (Fsp3) is 0.286. The molecule has 0 saturated carbocycles. The van der Waals surface area contributed by atoms with E-state index in [4.69, 9.17) is 11.6 Å². The van der Waals surface area contributed by atoms with E-state index in [0.29, 0.717) is 17.9 Å². The van der Waals surface area contributed by atoms with Crippen LogP contribution in [0, 0.1) is 6.92 Å². The van der Waals surface area contributed by atoms with Gasteiger partial charge in [0, 0.05) is 40.9 Å². The molecule has 0 aliphatic carbocycles. The number of nitrogens with zero attached hydrogens (tertiary/aromatic N) is 2. The minimum Gasteiger partial charge on any atom is -0.385 e. The largest absolute Gasteiger partial charge is 0.385 e. The summed E-state index contributed by atoms with van der Waals surface area (Å²) in [6, 6.07) is 16.0. The minimum atomic E-state index is -0.854. The average Bonchev–Trinajstić information content (AvgIpc) is 2.62. The molecule has 0 unspecified atom stereocenters. The summed E-state index contributed by atoms with van der Waals surface area (Å²) in [4.78, 5) is 6.81. The van der Waals surface area contributed by atoms with Crippen LogP contribution in [0.15, 0.2) is 54.7 Å². The molecule has 4 heteroatoms. The summed E-state index contributed by atoms with van der Waals surface area (Å²) in [5.41, 5.74) is 3.41. The number of hydrogen-bond acceptors (Lipinski definition) is 3. The highest BCUT2D eigenvalue weighted by atomic mass is 35.5. The Balaban J connectivity index is 1.63. The Hall–Kier alpha value is -2.10. The zero-order valence-electron chi connectivity index (χ0n) is 14.2. The van der Waals surface area contributed by atoms with Crippen molar-refractivity contribution >= 4 is 28.2 Å². The van der Waals surface area contributed by atoms with Gasteiger partial charge in [-0.3, -0.25) is 4.98 Å². The normalized spacial score (nSPS) is 17.0. The molecule has 0 radical (unpaired) electrons. The van der Waals surface area contributed by atoms with Gasteiger partial charge in [0.25, 0.3) is 0 Å². The topological polar surface area (TPSA) is 36.4 Å². The second-order valence-electron chi connectivity index (χ2n) is 6.85. The van der Waals surface area contributed by atoms with Gasteiger partial charge in [-0.05, 0) is 44.0 Å². The third-order valence-electron chi connectivity index (χ3n) is 5.18. The zero-order chi connectivity index (χ0) is 17.4. The number of rotatable bonds is 2. The van der Waals surface area contributed by atoms with Crippen LogP contribution in [-0.4, -0.2) is 23.2 Å². The molecule has 2 aromatic carbocycles. The maximum atomic E-state index is 11.1. The van der Waals surface area contributed by atoms with Crippen LogP contribution in [0.1, 0.15) is 24.0 Å². The Morgan fingerprint density at radius 2 is 1.84 bits per heavy atom. The first kappa shape index (κ1) is 16.4. The lowest BCUT2D eigenvalue weighted by Crippen LogP contribution is -2.42. The van der Waals surface area contributed by atoms with E-state index in [0.717, 1.165) is 24.2 Å². The predicted octanol–water partition coefficient (Wildman–Crippen LogP) is 4.68. The molecule has 1 N–H and O–H groups in total. The molecule has 4 rings (SSSR count). The SMILES string of the molecule is Cc1ccc2nccc(N3CCC(O)(c4ccccc4Cl)CC3)c2c1. The van der Waals surface area contributed by atoms with Gasteiger partial charge in [-0.15, -0.1) is 0 Å². The van der Waals surface area contributed by atoms with E-state index in [1.54, 1.807) is 0 Å². The predicted molar refractivity (Wildman–Crippen MR) is 103 cm³/mol. The first-order chi connectivity index (χ1) is 12.1. The maximum Gasteiger partial charge on any atom is 0.0944 e. The number of aromatic nitrogens is 1. The third kappa shape index (κ3) is 2.99. The highest BCUT2D eigenvalue weighted by Gasteiger charge is 2.35. The van der Waals surface area contributed by atoms with Crippen molar-refractivity contribution in [2.75, 3.05) is 18.0 Å². The number of aryl methyl sites for hydroxylation is 1. The Bertz CT molecular complexity index is 917. The highest BCUT2D eigenvalue weighted by molar-refractivity contribution is 6.31. The van der Waals surface area contributed by atoms with Gasteiger partial charge in [0.05, 0.1) is 11.1 Å². The average molecular weight is 353 g/mol. The van der Waals surface area contributed by atoms with E-state index in [1.807, 2.05) is 30.5 Å². The number of hydrogen-bond donors (Lipinski definition) is 1. The van der Waals surface area contributed by atoms with Crippen molar-refractivity contribution in [3.05, 3.63) is 70.9 Å². The molecular weight excluding hydrogens is 332 g/mol. The Morgan fingerprint density at radius 1 is 1.08 bits per heavy atom. The van der Waals surface area contributed by atoms with Crippen LogP contribution in [0.25, 0.3) is 10.9 Å². The van der Waals surface area contributed by atoms with Crippen molar-refractivity contribution in [1.29, 1.82) is 0 Å². The van der Waals surface area contributed by atoms with Crippen molar-refractivity contribution < 1.29 is 5.11 Å². The molecule has 3 nitrogen and oxygen atoms in total. The number of benzene rings is 2. The molecular formula is C21H21ClN2O. The summed E-state index contributed by atoms with van der Waals surface area (Å²) < 4.78 is 0. The van der Waals surface area contributed by atoms with Gasteiger partial charge in [0.1, 0.15) is 0 Å². The third-order valence-corrected chi connectivity index (χ3v) is 5.51. The number of halogens is 1. The summed E-state index contributed by atoms with van der Waals surface area (Å²) in [6.45, 7) is 3.67. The molecule has 0 spiro atoms. The highest BCUT2D eigenvalue weighted by Crippen LogP contribution is 2.39. The van der Waals surface area contributed by atoms with Crippen molar-refractivity contribution in [3.63, 3.8) is 0 Å². The maximum absolute atomic E-state index is 11.1. The van der Waals surface area contributed by atoms with Crippen LogP contribution in [0.5, 0.6) is 0 Å². The Labute approximate surface area is 152 Å². The molecule has 128 valence electrons. The van der Waals surface area contributed by atoms with Gasteiger partial charge < -0.3 is 10.0 Å². The lowest BCUT2D eigenvalue weighted by atomic mass is 9.84. The smallest absolute Gasteiger partial charge is 0.0944 e. The van der Waals surface area contributed by atoms with E-state index in [-0.39, 0.29) is 0 Å². The van der Waals surface area contributed by atoms with Gasteiger partial charge >= 0.3 is 0 Å². The van der Waals surface area contributed by atoms with Crippen LogP contribution < -0.4 is 4.90 Å². The fourth-order valence-electron chi connectivity index (χ4n) is 3.75. The zero-order valence-corrected chi connectivity index (χ0v) is 15.0. The molecule has 25 heavy (non-hydrogen) atoms. The van der Waals surface area contributed by atoms with Gasteiger partial charge in [0.2, 0.25) is 0 Å². The number of aliphatic hydroxyl groups is 1.